The second kappa shape index (κ2) is 9.91. The van der Waals surface area contributed by atoms with Crippen molar-refractivity contribution in [1.82, 2.24) is 0 Å². The van der Waals surface area contributed by atoms with Gasteiger partial charge in [0.25, 0.3) is 0 Å². The van der Waals surface area contributed by atoms with E-state index in [1.165, 1.54) is 6.07 Å². The van der Waals surface area contributed by atoms with E-state index in [9.17, 15) is 18.8 Å². The van der Waals surface area contributed by atoms with Crippen LogP contribution >= 0.6 is 11.6 Å². The highest BCUT2D eigenvalue weighted by atomic mass is 35.5. The molecule has 6 nitrogen and oxygen atoms in total. The van der Waals surface area contributed by atoms with Gasteiger partial charge in [0, 0.05) is 22.5 Å². The van der Waals surface area contributed by atoms with Crippen LogP contribution in [0.15, 0.2) is 42.5 Å². The molecule has 174 valence electrons. The van der Waals surface area contributed by atoms with Gasteiger partial charge in [0.2, 0.25) is 0 Å². The van der Waals surface area contributed by atoms with E-state index >= 15 is 0 Å². The summed E-state index contributed by atoms with van der Waals surface area (Å²) in [4.78, 5) is 35.9. The monoisotopic (exact) mass is 472 g/mol. The SMILES string of the molecule is O=C(O)CC1CCC2CC(c3ccc(NC(=O)Nc4cccc(Cl)c4)c(F)c3)CCC2C1=O. The standard InChI is InChI=1S/C25H26ClFN2O4/c26-18-2-1-3-19(13-18)28-25(33)29-22-9-7-15(11-21(22)27)14-6-8-20-16(10-14)4-5-17(24(20)32)12-23(30)31/h1-3,7,9,11,13-14,16-17,20H,4-6,8,10,12H2,(H,30,31)(H2,28,29,33). The number of carbonyl (C=O) groups is 3. The van der Waals surface area contributed by atoms with Crippen LogP contribution < -0.4 is 10.6 Å². The fourth-order valence-corrected chi connectivity index (χ4v) is 5.46. The molecule has 2 saturated carbocycles. The molecule has 0 saturated heterocycles. The number of nitrogens with one attached hydrogen (secondary N) is 2. The Bertz CT molecular complexity index is 1080. The van der Waals surface area contributed by atoms with Crippen molar-refractivity contribution in [2.45, 2.75) is 44.4 Å². The third kappa shape index (κ3) is 5.53. The van der Waals surface area contributed by atoms with Crippen LogP contribution in [0.5, 0.6) is 0 Å². The number of aliphatic carboxylic acids is 1. The summed E-state index contributed by atoms with van der Waals surface area (Å²) in [5.74, 6) is -1.46. The number of hydrogen-bond acceptors (Lipinski definition) is 3. The third-order valence-electron chi connectivity index (χ3n) is 6.85. The van der Waals surface area contributed by atoms with E-state index in [-0.39, 0.29) is 41.6 Å². The van der Waals surface area contributed by atoms with Crippen LogP contribution in [-0.2, 0) is 9.59 Å². The third-order valence-corrected chi connectivity index (χ3v) is 7.09. The molecular weight excluding hydrogens is 447 g/mol. The van der Waals surface area contributed by atoms with E-state index in [0.717, 1.165) is 24.8 Å². The Labute approximate surface area is 196 Å². The molecule has 4 rings (SSSR count). The van der Waals surface area contributed by atoms with E-state index in [1.807, 2.05) is 6.07 Å². The molecule has 2 aromatic rings. The molecule has 0 heterocycles. The van der Waals surface area contributed by atoms with Crippen molar-refractivity contribution in [3.05, 3.63) is 58.9 Å². The summed E-state index contributed by atoms with van der Waals surface area (Å²) in [7, 11) is 0. The van der Waals surface area contributed by atoms with Crippen LogP contribution in [0.2, 0.25) is 5.02 Å². The van der Waals surface area contributed by atoms with Gasteiger partial charge in [0.15, 0.2) is 0 Å². The van der Waals surface area contributed by atoms with Crippen molar-refractivity contribution in [3.63, 3.8) is 0 Å². The van der Waals surface area contributed by atoms with Crippen LogP contribution in [0.1, 0.15) is 50.0 Å². The highest BCUT2D eigenvalue weighted by molar-refractivity contribution is 6.30. The number of hydrogen-bond donors (Lipinski definition) is 3. The number of carboxylic acids is 1. The molecule has 2 fully saturated rings. The Morgan fingerprint density at radius 2 is 1.88 bits per heavy atom. The Hall–Kier alpha value is -2.93. The minimum atomic E-state index is -0.925. The van der Waals surface area contributed by atoms with Gasteiger partial charge in [-0.15, -0.1) is 0 Å². The first kappa shape index (κ1) is 23.2. The van der Waals surface area contributed by atoms with Crippen LogP contribution in [0.4, 0.5) is 20.6 Å². The lowest BCUT2D eigenvalue weighted by Crippen LogP contribution is -2.39. The summed E-state index contributed by atoms with van der Waals surface area (Å²) in [5, 5.41) is 14.7. The van der Waals surface area contributed by atoms with Crippen molar-refractivity contribution >= 4 is 40.8 Å². The normalized spacial score (nSPS) is 24.6. The van der Waals surface area contributed by atoms with Crippen molar-refractivity contribution < 1.29 is 23.9 Å². The molecule has 2 aliphatic carbocycles. The number of Topliss-reactive ketones (excluding diaryl/α,β-unsaturated/α-hetero) is 1. The van der Waals surface area contributed by atoms with Gasteiger partial charge in [0.05, 0.1) is 12.1 Å². The van der Waals surface area contributed by atoms with Crippen molar-refractivity contribution in [2.75, 3.05) is 10.6 Å². The molecule has 2 aromatic carbocycles. The number of rotatable bonds is 5. The lowest BCUT2D eigenvalue weighted by Gasteiger charge is -2.41. The largest absolute Gasteiger partial charge is 0.481 e. The zero-order valence-corrected chi connectivity index (χ0v) is 18.8. The lowest BCUT2D eigenvalue weighted by atomic mass is 9.63. The number of ketones is 1. The summed E-state index contributed by atoms with van der Waals surface area (Å²) in [6.45, 7) is 0. The highest BCUT2D eigenvalue weighted by Gasteiger charge is 2.42. The number of carbonyl (C=O) groups excluding carboxylic acids is 2. The number of anilines is 2. The number of benzene rings is 2. The molecule has 0 bridgehead atoms. The Morgan fingerprint density at radius 1 is 1.06 bits per heavy atom. The van der Waals surface area contributed by atoms with Crippen LogP contribution in [-0.4, -0.2) is 22.9 Å². The Balaban J connectivity index is 1.37. The molecule has 0 spiro atoms. The van der Waals surface area contributed by atoms with Crippen LogP contribution in [0.25, 0.3) is 0 Å². The number of fused-ring (bicyclic) bond motifs is 1. The summed E-state index contributed by atoms with van der Waals surface area (Å²) in [6, 6.07) is 10.9. The molecule has 0 aromatic heterocycles. The summed E-state index contributed by atoms with van der Waals surface area (Å²) in [6.07, 6.45) is 3.60. The molecule has 4 atom stereocenters. The van der Waals surface area contributed by atoms with Gasteiger partial charge >= 0.3 is 12.0 Å². The fourth-order valence-electron chi connectivity index (χ4n) is 5.27. The van der Waals surface area contributed by atoms with Gasteiger partial charge in [-0.25, -0.2) is 9.18 Å². The van der Waals surface area contributed by atoms with Gasteiger partial charge in [-0.2, -0.15) is 0 Å². The first-order valence-electron chi connectivity index (χ1n) is 11.2. The van der Waals surface area contributed by atoms with Gasteiger partial charge in [-0.1, -0.05) is 23.7 Å². The maximum Gasteiger partial charge on any atom is 0.323 e. The minimum absolute atomic E-state index is 0.0799. The maximum atomic E-state index is 14.8. The zero-order valence-electron chi connectivity index (χ0n) is 18.0. The number of halogens is 2. The number of carboxylic acid groups (broad SMARTS) is 1. The van der Waals surface area contributed by atoms with E-state index in [2.05, 4.69) is 10.6 Å². The smallest absolute Gasteiger partial charge is 0.323 e. The molecule has 0 radical (unpaired) electrons. The number of amides is 2. The topological polar surface area (TPSA) is 95.5 Å². The van der Waals surface area contributed by atoms with Crippen molar-refractivity contribution in [1.29, 1.82) is 0 Å². The molecule has 33 heavy (non-hydrogen) atoms. The molecule has 2 amide bonds. The first-order valence-corrected chi connectivity index (χ1v) is 11.6. The minimum Gasteiger partial charge on any atom is -0.481 e. The van der Waals surface area contributed by atoms with Gasteiger partial charge in [-0.05, 0) is 79.8 Å². The quantitative estimate of drug-likeness (QED) is 0.491. The summed E-state index contributed by atoms with van der Waals surface area (Å²) < 4.78 is 14.8. The van der Waals surface area contributed by atoms with Crippen molar-refractivity contribution in [3.8, 4) is 0 Å². The molecule has 2 aliphatic rings. The van der Waals surface area contributed by atoms with Crippen LogP contribution in [0, 0.1) is 23.6 Å². The predicted molar refractivity (Wildman–Crippen MR) is 124 cm³/mol. The average Bonchev–Trinajstić information content (AvgIpc) is 2.76. The van der Waals surface area contributed by atoms with E-state index in [4.69, 9.17) is 16.7 Å². The average molecular weight is 473 g/mol. The lowest BCUT2D eigenvalue weighted by molar-refractivity contribution is -0.144. The van der Waals surface area contributed by atoms with Crippen LogP contribution in [0.3, 0.4) is 0 Å². The van der Waals surface area contributed by atoms with E-state index in [1.54, 1.807) is 30.3 Å². The molecule has 3 N–H and O–H groups in total. The molecule has 4 unspecified atom stereocenters. The Kier molecular flexibility index (Phi) is 6.98. The Morgan fingerprint density at radius 3 is 2.61 bits per heavy atom. The van der Waals surface area contributed by atoms with Gasteiger partial charge < -0.3 is 15.7 Å². The van der Waals surface area contributed by atoms with Crippen molar-refractivity contribution in [2.24, 2.45) is 17.8 Å². The summed E-state index contributed by atoms with van der Waals surface area (Å²) in [5.41, 5.74) is 1.43. The highest BCUT2D eigenvalue weighted by Crippen LogP contribution is 2.46. The van der Waals surface area contributed by atoms with E-state index < -0.39 is 17.8 Å². The molecule has 8 heteroatoms. The van der Waals surface area contributed by atoms with Gasteiger partial charge in [-0.3, -0.25) is 9.59 Å². The fraction of sp³-hybridized carbons (Fsp3) is 0.400. The second-order valence-electron chi connectivity index (χ2n) is 8.98. The zero-order chi connectivity index (χ0) is 23.5. The number of urea groups is 1. The molecular formula is C25H26ClFN2O4. The second-order valence-corrected chi connectivity index (χ2v) is 9.42. The van der Waals surface area contributed by atoms with E-state index in [0.29, 0.717) is 23.6 Å². The van der Waals surface area contributed by atoms with Gasteiger partial charge in [0.1, 0.15) is 11.6 Å². The first-order chi connectivity index (χ1) is 15.8. The molecule has 0 aliphatic heterocycles. The predicted octanol–water partition coefficient (Wildman–Crippen LogP) is 6.08. The summed E-state index contributed by atoms with van der Waals surface area (Å²) >= 11 is 5.91. The maximum absolute atomic E-state index is 14.8.